The molecular formula is C11H11ClFN3. The minimum absolute atomic E-state index is 0.274. The van der Waals surface area contributed by atoms with Crippen LogP contribution in [0.15, 0.2) is 24.4 Å². The van der Waals surface area contributed by atoms with Crippen molar-refractivity contribution < 1.29 is 4.39 Å². The molecule has 0 bridgehead atoms. The fourth-order valence-corrected chi connectivity index (χ4v) is 1.68. The second-order valence-electron chi connectivity index (χ2n) is 3.58. The van der Waals surface area contributed by atoms with Crippen LogP contribution in [0, 0.1) is 12.7 Å². The van der Waals surface area contributed by atoms with Gasteiger partial charge in [-0.15, -0.1) is 16.7 Å². The number of rotatable bonds is 3. The van der Waals surface area contributed by atoms with Gasteiger partial charge in [0.1, 0.15) is 5.82 Å². The number of nitrogens with zero attached hydrogens (tertiary/aromatic N) is 3. The Balaban J connectivity index is 2.34. The van der Waals surface area contributed by atoms with E-state index in [-0.39, 0.29) is 5.82 Å². The van der Waals surface area contributed by atoms with Crippen LogP contribution in [0.25, 0.3) is 5.69 Å². The molecule has 84 valence electrons. The van der Waals surface area contributed by atoms with Crippen molar-refractivity contribution in [1.29, 1.82) is 0 Å². The van der Waals surface area contributed by atoms with Crippen LogP contribution in [-0.2, 0) is 6.42 Å². The second kappa shape index (κ2) is 4.61. The number of hydrogen-bond acceptors (Lipinski definition) is 2. The van der Waals surface area contributed by atoms with Crippen LogP contribution in [0.2, 0.25) is 0 Å². The van der Waals surface area contributed by atoms with Gasteiger partial charge in [0, 0.05) is 12.3 Å². The topological polar surface area (TPSA) is 30.7 Å². The third-order valence-electron chi connectivity index (χ3n) is 2.18. The molecule has 0 aliphatic carbocycles. The van der Waals surface area contributed by atoms with Gasteiger partial charge in [-0.3, -0.25) is 0 Å². The summed E-state index contributed by atoms with van der Waals surface area (Å²) < 4.78 is 14.7. The van der Waals surface area contributed by atoms with Gasteiger partial charge in [-0.1, -0.05) is 5.21 Å². The van der Waals surface area contributed by atoms with E-state index in [1.165, 1.54) is 12.1 Å². The summed E-state index contributed by atoms with van der Waals surface area (Å²) >= 11 is 5.60. The lowest BCUT2D eigenvalue weighted by molar-refractivity contribution is 0.623. The molecule has 0 saturated carbocycles. The smallest absolute Gasteiger partial charge is 0.125 e. The Bertz CT molecular complexity index is 475. The molecule has 0 fully saturated rings. The first-order chi connectivity index (χ1) is 7.69. The van der Waals surface area contributed by atoms with Crippen LogP contribution in [0.5, 0.6) is 0 Å². The highest BCUT2D eigenvalue weighted by Gasteiger charge is 2.04. The lowest BCUT2D eigenvalue weighted by Gasteiger charge is -2.01. The Morgan fingerprint density at radius 1 is 1.38 bits per heavy atom. The Morgan fingerprint density at radius 3 is 2.88 bits per heavy atom. The first kappa shape index (κ1) is 11.1. The summed E-state index contributed by atoms with van der Waals surface area (Å²) in [5.74, 6) is 0.227. The minimum atomic E-state index is -0.274. The summed E-state index contributed by atoms with van der Waals surface area (Å²) in [5.41, 5.74) is 2.33. The average Bonchev–Trinajstić information content (AvgIpc) is 2.65. The van der Waals surface area contributed by atoms with Crippen molar-refractivity contribution >= 4 is 11.6 Å². The van der Waals surface area contributed by atoms with Gasteiger partial charge in [-0.2, -0.15) is 0 Å². The zero-order valence-corrected chi connectivity index (χ0v) is 9.58. The van der Waals surface area contributed by atoms with Crippen molar-refractivity contribution in [2.24, 2.45) is 0 Å². The predicted octanol–water partition coefficient (Wildman–Crippen LogP) is 2.50. The molecule has 0 spiro atoms. The molecule has 0 atom stereocenters. The van der Waals surface area contributed by atoms with Gasteiger partial charge in [0.25, 0.3) is 0 Å². The van der Waals surface area contributed by atoms with E-state index in [2.05, 4.69) is 10.3 Å². The SMILES string of the molecule is Cc1cc(F)cc(-n2cc(CCCl)nn2)c1. The van der Waals surface area contributed by atoms with Crippen molar-refractivity contribution in [1.82, 2.24) is 15.0 Å². The summed E-state index contributed by atoms with van der Waals surface area (Å²) in [6.07, 6.45) is 2.42. The highest BCUT2D eigenvalue weighted by atomic mass is 35.5. The van der Waals surface area contributed by atoms with E-state index < -0.39 is 0 Å². The van der Waals surface area contributed by atoms with Crippen molar-refractivity contribution in [3.63, 3.8) is 0 Å². The molecule has 0 saturated heterocycles. The Kier molecular flexibility index (Phi) is 3.19. The van der Waals surface area contributed by atoms with E-state index in [1.807, 2.05) is 13.0 Å². The molecule has 2 aromatic rings. The maximum atomic E-state index is 13.2. The van der Waals surface area contributed by atoms with Gasteiger partial charge >= 0.3 is 0 Å². The molecule has 0 N–H and O–H groups in total. The van der Waals surface area contributed by atoms with E-state index in [0.717, 1.165) is 11.3 Å². The van der Waals surface area contributed by atoms with Crippen LogP contribution in [0.3, 0.4) is 0 Å². The zero-order valence-electron chi connectivity index (χ0n) is 8.82. The molecule has 16 heavy (non-hydrogen) atoms. The summed E-state index contributed by atoms with van der Waals surface area (Å²) in [5, 5.41) is 7.88. The molecule has 3 nitrogen and oxygen atoms in total. The van der Waals surface area contributed by atoms with E-state index in [1.54, 1.807) is 10.9 Å². The molecule has 0 aliphatic rings. The molecule has 1 aromatic heterocycles. The molecule has 1 heterocycles. The quantitative estimate of drug-likeness (QED) is 0.771. The average molecular weight is 240 g/mol. The normalized spacial score (nSPS) is 10.7. The summed E-state index contributed by atoms with van der Waals surface area (Å²) in [4.78, 5) is 0. The largest absolute Gasteiger partial charge is 0.220 e. The van der Waals surface area contributed by atoms with Gasteiger partial charge in [0.05, 0.1) is 17.6 Å². The monoisotopic (exact) mass is 239 g/mol. The molecule has 1 aromatic carbocycles. The Morgan fingerprint density at radius 2 is 2.19 bits per heavy atom. The highest BCUT2D eigenvalue weighted by Crippen LogP contribution is 2.12. The third kappa shape index (κ3) is 2.39. The summed E-state index contributed by atoms with van der Waals surface area (Å²) in [6.45, 7) is 1.84. The number of alkyl halides is 1. The molecule has 5 heteroatoms. The number of aromatic nitrogens is 3. The molecule has 2 rings (SSSR count). The second-order valence-corrected chi connectivity index (χ2v) is 3.96. The van der Waals surface area contributed by atoms with Crippen molar-refractivity contribution in [2.75, 3.05) is 5.88 Å². The van der Waals surface area contributed by atoms with Gasteiger partial charge in [-0.25, -0.2) is 9.07 Å². The summed E-state index contributed by atoms with van der Waals surface area (Å²) in [6, 6.07) is 4.74. The summed E-state index contributed by atoms with van der Waals surface area (Å²) in [7, 11) is 0. The standard InChI is InChI=1S/C11H11ClFN3/c1-8-4-9(13)6-11(5-8)16-7-10(2-3-12)14-15-16/h4-7H,2-3H2,1H3. The fourth-order valence-electron chi connectivity index (χ4n) is 1.49. The molecule has 0 radical (unpaired) electrons. The molecule has 0 unspecified atom stereocenters. The van der Waals surface area contributed by atoms with Crippen LogP contribution >= 0.6 is 11.6 Å². The highest BCUT2D eigenvalue weighted by molar-refractivity contribution is 6.17. The zero-order chi connectivity index (χ0) is 11.5. The van der Waals surface area contributed by atoms with Gasteiger partial charge in [0.2, 0.25) is 0 Å². The van der Waals surface area contributed by atoms with E-state index in [9.17, 15) is 4.39 Å². The Hall–Kier alpha value is -1.42. The van der Waals surface area contributed by atoms with Crippen LogP contribution in [0.1, 0.15) is 11.3 Å². The fraction of sp³-hybridized carbons (Fsp3) is 0.273. The Labute approximate surface area is 97.8 Å². The number of halogens is 2. The maximum Gasteiger partial charge on any atom is 0.125 e. The maximum absolute atomic E-state index is 13.2. The number of benzene rings is 1. The van der Waals surface area contributed by atoms with Gasteiger partial charge in [0.15, 0.2) is 0 Å². The lowest BCUT2D eigenvalue weighted by Crippen LogP contribution is -1.96. The first-order valence-electron chi connectivity index (χ1n) is 4.94. The number of aryl methyl sites for hydroxylation is 2. The van der Waals surface area contributed by atoms with Crippen LogP contribution in [-0.4, -0.2) is 20.9 Å². The molecular weight excluding hydrogens is 229 g/mol. The first-order valence-corrected chi connectivity index (χ1v) is 5.47. The molecule has 0 aliphatic heterocycles. The van der Waals surface area contributed by atoms with Crippen LogP contribution in [0.4, 0.5) is 4.39 Å². The van der Waals surface area contributed by atoms with Gasteiger partial charge in [-0.05, 0) is 30.7 Å². The van der Waals surface area contributed by atoms with E-state index >= 15 is 0 Å². The van der Waals surface area contributed by atoms with E-state index in [0.29, 0.717) is 18.0 Å². The van der Waals surface area contributed by atoms with Gasteiger partial charge < -0.3 is 0 Å². The van der Waals surface area contributed by atoms with Crippen molar-refractivity contribution in [3.05, 3.63) is 41.5 Å². The predicted molar refractivity (Wildman–Crippen MR) is 60.5 cm³/mol. The lowest BCUT2D eigenvalue weighted by atomic mass is 10.2. The molecule has 0 amide bonds. The van der Waals surface area contributed by atoms with Crippen molar-refractivity contribution in [3.8, 4) is 5.69 Å². The van der Waals surface area contributed by atoms with Crippen molar-refractivity contribution in [2.45, 2.75) is 13.3 Å². The minimum Gasteiger partial charge on any atom is -0.220 e. The number of hydrogen-bond donors (Lipinski definition) is 0. The van der Waals surface area contributed by atoms with Crippen LogP contribution < -0.4 is 0 Å². The third-order valence-corrected chi connectivity index (χ3v) is 2.37. The van der Waals surface area contributed by atoms with E-state index in [4.69, 9.17) is 11.6 Å².